The Morgan fingerprint density at radius 1 is 1.11 bits per heavy atom. The molecule has 2 aromatic carbocycles. The number of ketones is 1. The summed E-state index contributed by atoms with van der Waals surface area (Å²) in [7, 11) is 1.46. The molecule has 0 bridgehead atoms. The number of nitrogens with one attached hydrogen (secondary N) is 1. The molecule has 0 spiro atoms. The lowest BCUT2D eigenvalue weighted by Gasteiger charge is -2.31. The summed E-state index contributed by atoms with van der Waals surface area (Å²) in [6.45, 7) is 4.09. The normalized spacial score (nSPS) is 15.6. The van der Waals surface area contributed by atoms with Gasteiger partial charge >= 0.3 is 0 Å². The van der Waals surface area contributed by atoms with Crippen LogP contribution >= 0.6 is 11.3 Å². The Morgan fingerprint density at radius 3 is 2.47 bits per heavy atom. The Labute approximate surface area is 224 Å². The number of pyridine rings is 1. The third-order valence-electron chi connectivity index (χ3n) is 7.28. The zero-order valence-corrected chi connectivity index (χ0v) is 22.3. The van der Waals surface area contributed by atoms with Crippen molar-refractivity contribution in [2.75, 3.05) is 33.4 Å². The number of aliphatic hydroxyl groups is 1. The molecule has 3 heterocycles. The SMILES string of the molecule is COc1c(C(=O)NC2CCN(CCO)CC2)sc2c1c(=O)n(C(C)C(=O)c1ccccc1)c1ccccc21. The quantitative estimate of drug-likeness (QED) is 0.334. The van der Waals surface area contributed by atoms with Crippen LogP contribution in [0.1, 0.15) is 45.8 Å². The molecule has 0 radical (unpaired) electrons. The molecule has 0 aliphatic carbocycles. The number of nitrogens with zero attached hydrogens (tertiary/aromatic N) is 2. The number of methoxy groups -OCH3 is 1. The van der Waals surface area contributed by atoms with Gasteiger partial charge in [0.15, 0.2) is 11.5 Å². The largest absolute Gasteiger partial charge is 0.494 e. The van der Waals surface area contributed by atoms with E-state index in [9.17, 15) is 19.5 Å². The molecule has 4 aromatic rings. The summed E-state index contributed by atoms with van der Waals surface area (Å²) in [5, 5.41) is 13.4. The number of rotatable bonds is 8. The number of likely N-dealkylation sites (tertiary alicyclic amines) is 1. The van der Waals surface area contributed by atoms with Crippen molar-refractivity contribution in [3.8, 4) is 5.75 Å². The van der Waals surface area contributed by atoms with Crippen molar-refractivity contribution in [1.82, 2.24) is 14.8 Å². The predicted octanol–water partition coefficient (Wildman–Crippen LogP) is 3.86. The summed E-state index contributed by atoms with van der Waals surface area (Å²) in [5.41, 5.74) is 0.798. The molecule has 1 aliphatic rings. The lowest BCUT2D eigenvalue weighted by molar-refractivity contribution is 0.0902. The Balaban J connectivity index is 1.57. The highest BCUT2D eigenvalue weighted by molar-refractivity contribution is 7.22. The first kappa shape index (κ1) is 26.1. The number of amides is 1. The number of carbonyl (C=O) groups excluding carboxylic acids is 2. The fraction of sp³-hybridized carbons (Fsp3) is 0.345. The Kier molecular flexibility index (Phi) is 7.60. The number of β-amino-alcohol motifs (C(OH)–C–C–N with tert-alkyl or cyclic N) is 1. The molecule has 1 fully saturated rings. The number of carbonyl (C=O) groups is 2. The van der Waals surface area contributed by atoms with Gasteiger partial charge in [-0.3, -0.25) is 19.0 Å². The highest BCUT2D eigenvalue weighted by Crippen LogP contribution is 2.40. The van der Waals surface area contributed by atoms with Crippen LogP contribution in [0.2, 0.25) is 0 Å². The first-order valence-corrected chi connectivity index (χ1v) is 13.6. The van der Waals surface area contributed by atoms with E-state index < -0.39 is 6.04 Å². The minimum Gasteiger partial charge on any atom is -0.494 e. The van der Waals surface area contributed by atoms with E-state index in [1.165, 1.54) is 23.0 Å². The minimum atomic E-state index is -0.759. The minimum absolute atomic E-state index is 0.00396. The first-order valence-electron chi connectivity index (χ1n) is 12.8. The van der Waals surface area contributed by atoms with Crippen LogP contribution in [-0.4, -0.2) is 65.7 Å². The van der Waals surface area contributed by atoms with Crippen molar-refractivity contribution in [1.29, 1.82) is 0 Å². The molecular formula is C29H31N3O5S. The maximum atomic E-state index is 14.0. The van der Waals surface area contributed by atoms with Crippen molar-refractivity contribution < 1.29 is 19.4 Å². The Hall–Kier alpha value is -3.53. The van der Waals surface area contributed by atoms with Gasteiger partial charge in [-0.25, -0.2) is 0 Å². The zero-order valence-electron chi connectivity index (χ0n) is 21.5. The van der Waals surface area contributed by atoms with E-state index >= 15 is 0 Å². The number of thiophene rings is 1. The monoisotopic (exact) mass is 533 g/mol. The van der Waals surface area contributed by atoms with Crippen LogP contribution in [0.4, 0.5) is 0 Å². The van der Waals surface area contributed by atoms with Crippen molar-refractivity contribution in [2.24, 2.45) is 0 Å². The van der Waals surface area contributed by atoms with Gasteiger partial charge in [0.25, 0.3) is 11.5 Å². The molecule has 1 saturated heterocycles. The molecular weight excluding hydrogens is 502 g/mol. The molecule has 38 heavy (non-hydrogen) atoms. The average Bonchev–Trinajstić information content (AvgIpc) is 3.35. The second kappa shape index (κ2) is 11.1. The lowest BCUT2D eigenvalue weighted by Crippen LogP contribution is -2.45. The number of hydrogen-bond acceptors (Lipinski definition) is 7. The number of fused-ring (bicyclic) bond motifs is 3. The van der Waals surface area contributed by atoms with Crippen molar-refractivity contribution in [3.63, 3.8) is 0 Å². The molecule has 1 unspecified atom stereocenters. The molecule has 1 amide bonds. The van der Waals surface area contributed by atoms with E-state index in [1.807, 2.05) is 30.3 Å². The molecule has 1 aliphatic heterocycles. The van der Waals surface area contributed by atoms with Gasteiger partial charge in [-0.1, -0.05) is 48.5 Å². The Bertz CT molecular complexity index is 1540. The number of hydrogen-bond donors (Lipinski definition) is 2. The van der Waals surface area contributed by atoms with Crippen molar-refractivity contribution in [2.45, 2.75) is 31.8 Å². The van der Waals surface area contributed by atoms with E-state index in [0.29, 0.717) is 32.6 Å². The van der Waals surface area contributed by atoms with Gasteiger partial charge in [-0.15, -0.1) is 11.3 Å². The predicted molar refractivity (Wildman–Crippen MR) is 150 cm³/mol. The number of aliphatic hydroxyl groups excluding tert-OH is 1. The van der Waals surface area contributed by atoms with Crippen LogP contribution in [0, 0.1) is 0 Å². The molecule has 0 saturated carbocycles. The topological polar surface area (TPSA) is 101 Å². The van der Waals surface area contributed by atoms with Crippen LogP contribution in [-0.2, 0) is 0 Å². The molecule has 9 heteroatoms. The molecule has 2 N–H and O–H groups in total. The average molecular weight is 534 g/mol. The van der Waals surface area contributed by atoms with Crippen molar-refractivity contribution in [3.05, 3.63) is 75.4 Å². The third kappa shape index (κ3) is 4.73. The summed E-state index contributed by atoms with van der Waals surface area (Å²) in [4.78, 5) is 43.3. The van der Waals surface area contributed by atoms with E-state index in [4.69, 9.17) is 4.74 Å². The van der Waals surface area contributed by atoms with E-state index in [-0.39, 0.29) is 35.6 Å². The van der Waals surface area contributed by atoms with E-state index in [0.717, 1.165) is 31.3 Å². The number of ether oxygens (including phenoxy) is 1. The molecule has 198 valence electrons. The highest BCUT2D eigenvalue weighted by Gasteiger charge is 2.29. The molecule has 5 rings (SSSR count). The summed E-state index contributed by atoms with van der Waals surface area (Å²) in [5.74, 6) is -0.201. The van der Waals surface area contributed by atoms with Crippen molar-refractivity contribution >= 4 is 44.0 Å². The van der Waals surface area contributed by atoms with Crippen LogP contribution in [0.25, 0.3) is 21.0 Å². The summed E-state index contributed by atoms with van der Waals surface area (Å²) >= 11 is 1.24. The highest BCUT2D eigenvalue weighted by atomic mass is 32.1. The fourth-order valence-corrected chi connectivity index (χ4v) is 6.49. The summed E-state index contributed by atoms with van der Waals surface area (Å²) in [6, 6.07) is 15.6. The summed E-state index contributed by atoms with van der Waals surface area (Å²) < 4.78 is 7.87. The zero-order chi connectivity index (χ0) is 26.8. The second-order valence-corrected chi connectivity index (χ2v) is 10.6. The number of para-hydroxylation sites is 1. The first-order chi connectivity index (χ1) is 18.4. The number of Topliss-reactive ketones (excluding diaryl/α,β-unsaturated/α-hetero) is 1. The van der Waals surface area contributed by atoms with Gasteiger partial charge in [0, 0.05) is 36.6 Å². The smallest absolute Gasteiger partial charge is 0.265 e. The molecule has 2 aromatic heterocycles. The molecule has 8 nitrogen and oxygen atoms in total. The second-order valence-electron chi connectivity index (χ2n) is 9.58. The number of aromatic nitrogens is 1. The summed E-state index contributed by atoms with van der Waals surface area (Å²) in [6.07, 6.45) is 1.57. The van der Waals surface area contributed by atoms with E-state index in [1.54, 1.807) is 31.2 Å². The van der Waals surface area contributed by atoms with Crippen LogP contribution in [0.5, 0.6) is 5.75 Å². The molecule has 1 atom stereocenters. The lowest BCUT2D eigenvalue weighted by atomic mass is 10.0. The van der Waals surface area contributed by atoms with Crippen LogP contribution in [0.3, 0.4) is 0 Å². The third-order valence-corrected chi connectivity index (χ3v) is 8.48. The van der Waals surface area contributed by atoms with Gasteiger partial charge in [-0.2, -0.15) is 0 Å². The fourth-order valence-electron chi connectivity index (χ4n) is 5.29. The maximum absolute atomic E-state index is 14.0. The van der Waals surface area contributed by atoms with Gasteiger partial charge in [0.05, 0.1) is 30.0 Å². The van der Waals surface area contributed by atoms with E-state index in [2.05, 4.69) is 10.2 Å². The maximum Gasteiger partial charge on any atom is 0.265 e. The van der Waals surface area contributed by atoms with Gasteiger partial charge in [-0.05, 0) is 25.8 Å². The van der Waals surface area contributed by atoms with Gasteiger partial charge in [0.1, 0.15) is 10.3 Å². The Morgan fingerprint density at radius 2 is 1.79 bits per heavy atom. The van der Waals surface area contributed by atoms with Gasteiger partial charge < -0.3 is 20.1 Å². The standard InChI is InChI=1S/C29H31N3O5S/c1-18(24(34)19-8-4-3-5-9-19)32-22-11-7-6-10-21(22)26-23(29(32)36)25(37-2)27(38-26)28(35)30-20-12-14-31(15-13-20)16-17-33/h3-11,18,20,33H,12-17H2,1-2H3,(H,30,35). The van der Waals surface area contributed by atoms with Crippen LogP contribution in [0.15, 0.2) is 59.4 Å². The van der Waals surface area contributed by atoms with Crippen LogP contribution < -0.4 is 15.6 Å². The number of piperidine rings is 1. The van der Waals surface area contributed by atoms with Gasteiger partial charge in [0.2, 0.25) is 0 Å². The number of benzene rings is 2.